The molecule has 0 atom stereocenters. The molecule has 0 unspecified atom stereocenters. The summed E-state index contributed by atoms with van der Waals surface area (Å²) in [4.78, 5) is 21.3. The molecule has 1 amide bonds. The SMILES string of the molecule is CC(C)c1nc(N)cc(NCC(=O)N(C)C)n1. The molecule has 0 fully saturated rings. The number of nitrogens with two attached hydrogens (primary N) is 1. The standard InChI is InChI=1S/C11H19N5O/c1-7(2)11-14-8(12)5-9(15-11)13-6-10(17)16(3)4/h5,7H,6H2,1-4H3,(H3,12,13,14,15). The third-order valence-electron chi connectivity index (χ3n) is 2.20. The van der Waals surface area contributed by atoms with Crippen LogP contribution in [0.2, 0.25) is 0 Å². The number of nitrogens with zero attached hydrogens (tertiary/aromatic N) is 3. The number of aromatic nitrogens is 2. The minimum absolute atomic E-state index is 0.0201. The second kappa shape index (κ2) is 5.47. The van der Waals surface area contributed by atoms with Crippen LogP contribution in [0.4, 0.5) is 11.6 Å². The summed E-state index contributed by atoms with van der Waals surface area (Å²) in [5, 5.41) is 2.94. The molecule has 0 aromatic carbocycles. The summed E-state index contributed by atoms with van der Waals surface area (Å²) in [6.45, 7) is 4.17. The summed E-state index contributed by atoms with van der Waals surface area (Å²) in [5.41, 5.74) is 5.68. The fourth-order valence-corrected chi connectivity index (χ4v) is 1.16. The predicted octanol–water partition coefficient (Wildman–Crippen LogP) is 0.682. The number of nitrogen functional groups attached to an aromatic ring is 1. The number of anilines is 2. The zero-order valence-corrected chi connectivity index (χ0v) is 10.7. The monoisotopic (exact) mass is 237 g/mol. The Kier molecular flexibility index (Phi) is 4.25. The van der Waals surface area contributed by atoms with Crippen molar-refractivity contribution in [3.63, 3.8) is 0 Å². The summed E-state index contributed by atoms with van der Waals surface area (Å²) in [6, 6.07) is 1.62. The van der Waals surface area contributed by atoms with Crippen LogP contribution in [0.1, 0.15) is 25.6 Å². The van der Waals surface area contributed by atoms with Crippen LogP contribution in [-0.4, -0.2) is 41.4 Å². The largest absolute Gasteiger partial charge is 0.384 e. The smallest absolute Gasteiger partial charge is 0.241 e. The Morgan fingerprint density at radius 3 is 2.65 bits per heavy atom. The number of likely N-dealkylation sites (N-methyl/N-ethyl adjacent to an activating group) is 1. The van der Waals surface area contributed by atoms with Gasteiger partial charge >= 0.3 is 0 Å². The van der Waals surface area contributed by atoms with E-state index in [0.717, 1.165) is 0 Å². The lowest BCUT2D eigenvalue weighted by atomic mass is 10.2. The van der Waals surface area contributed by atoms with Gasteiger partial charge in [-0.1, -0.05) is 13.8 Å². The van der Waals surface area contributed by atoms with Gasteiger partial charge in [-0.15, -0.1) is 0 Å². The van der Waals surface area contributed by atoms with Gasteiger partial charge in [0.15, 0.2) is 0 Å². The number of carbonyl (C=O) groups excluding carboxylic acids is 1. The van der Waals surface area contributed by atoms with Crippen molar-refractivity contribution in [2.45, 2.75) is 19.8 Å². The Labute approximate surface area is 101 Å². The van der Waals surface area contributed by atoms with E-state index in [0.29, 0.717) is 17.5 Å². The second-order valence-corrected chi connectivity index (χ2v) is 4.33. The first kappa shape index (κ1) is 13.2. The second-order valence-electron chi connectivity index (χ2n) is 4.33. The Balaban J connectivity index is 2.74. The Bertz CT molecular complexity index is 403. The topological polar surface area (TPSA) is 84.1 Å². The number of carbonyl (C=O) groups is 1. The molecule has 3 N–H and O–H groups in total. The Morgan fingerprint density at radius 2 is 2.12 bits per heavy atom. The maximum absolute atomic E-state index is 11.4. The van der Waals surface area contributed by atoms with Crippen LogP contribution >= 0.6 is 0 Å². The summed E-state index contributed by atoms with van der Waals surface area (Å²) >= 11 is 0. The predicted molar refractivity (Wildman–Crippen MR) is 67.7 cm³/mol. The fourth-order valence-electron chi connectivity index (χ4n) is 1.16. The van der Waals surface area contributed by atoms with E-state index < -0.39 is 0 Å². The van der Waals surface area contributed by atoms with Crippen LogP contribution in [0.3, 0.4) is 0 Å². The van der Waals surface area contributed by atoms with Crippen molar-refractivity contribution in [3.8, 4) is 0 Å². The van der Waals surface area contributed by atoms with Crippen molar-refractivity contribution < 1.29 is 4.79 Å². The van der Waals surface area contributed by atoms with Crippen molar-refractivity contribution in [1.82, 2.24) is 14.9 Å². The van der Waals surface area contributed by atoms with Crippen LogP contribution in [-0.2, 0) is 4.79 Å². The zero-order chi connectivity index (χ0) is 13.0. The molecule has 94 valence electrons. The molecule has 0 bridgehead atoms. The van der Waals surface area contributed by atoms with Crippen molar-refractivity contribution in [3.05, 3.63) is 11.9 Å². The highest BCUT2D eigenvalue weighted by Crippen LogP contribution is 2.14. The summed E-state index contributed by atoms with van der Waals surface area (Å²) in [5.74, 6) is 1.83. The Hall–Kier alpha value is -1.85. The fraction of sp³-hybridized carbons (Fsp3) is 0.545. The first-order valence-electron chi connectivity index (χ1n) is 5.48. The summed E-state index contributed by atoms with van der Waals surface area (Å²) in [7, 11) is 3.41. The molecular weight excluding hydrogens is 218 g/mol. The van der Waals surface area contributed by atoms with Gasteiger partial charge in [0, 0.05) is 26.1 Å². The molecule has 0 aliphatic rings. The minimum Gasteiger partial charge on any atom is -0.384 e. The van der Waals surface area contributed by atoms with Gasteiger partial charge in [-0.2, -0.15) is 0 Å². The van der Waals surface area contributed by atoms with E-state index in [1.165, 1.54) is 4.90 Å². The molecule has 0 aliphatic carbocycles. The van der Waals surface area contributed by atoms with Gasteiger partial charge in [0.1, 0.15) is 17.5 Å². The van der Waals surface area contributed by atoms with Gasteiger partial charge < -0.3 is 16.0 Å². The Morgan fingerprint density at radius 1 is 1.47 bits per heavy atom. The van der Waals surface area contributed by atoms with Gasteiger partial charge in [0.25, 0.3) is 0 Å². The molecule has 0 aliphatic heterocycles. The lowest BCUT2D eigenvalue weighted by Gasteiger charge is -2.12. The van der Waals surface area contributed by atoms with Gasteiger partial charge in [-0.3, -0.25) is 4.79 Å². The molecule has 0 saturated carbocycles. The number of hydrogen-bond donors (Lipinski definition) is 2. The van der Waals surface area contributed by atoms with Crippen LogP contribution in [0.15, 0.2) is 6.07 Å². The van der Waals surface area contributed by atoms with Gasteiger partial charge in [-0.05, 0) is 0 Å². The van der Waals surface area contributed by atoms with E-state index in [-0.39, 0.29) is 18.4 Å². The summed E-state index contributed by atoms with van der Waals surface area (Å²) < 4.78 is 0. The summed E-state index contributed by atoms with van der Waals surface area (Å²) in [6.07, 6.45) is 0. The number of rotatable bonds is 4. The highest BCUT2D eigenvalue weighted by molar-refractivity contribution is 5.80. The zero-order valence-electron chi connectivity index (χ0n) is 10.7. The molecule has 6 heteroatoms. The van der Waals surface area contributed by atoms with Crippen molar-refractivity contribution >= 4 is 17.5 Å². The van der Waals surface area contributed by atoms with Gasteiger partial charge in [0.2, 0.25) is 5.91 Å². The van der Waals surface area contributed by atoms with Crippen molar-refractivity contribution in [1.29, 1.82) is 0 Å². The normalized spacial score (nSPS) is 10.4. The van der Waals surface area contributed by atoms with Crippen LogP contribution < -0.4 is 11.1 Å². The molecule has 1 aromatic heterocycles. The van der Waals surface area contributed by atoms with E-state index in [2.05, 4.69) is 15.3 Å². The van der Waals surface area contributed by atoms with Crippen LogP contribution in [0.25, 0.3) is 0 Å². The molecule has 1 heterocycles. The number of amides is 1. The molecule has 17 heavy (non-hydrogen) atoms. The lowest BCUT2D eigenvalue weighted by molar-refractivity contribution is -0.126. The van der Waals surface area contributed by atoms with E-state index in [4.69, 9.17) is 5.73 Å². The third kappa shape index (κ3) is 3.90. The maximum Gasteiger partial charge on any atom is 0.241 e. The van der Waals surface area contributed by atoms with E-state index in [1.807, 2.05) is 13.8 Å². The van der Waals surface area contributed by atoms with Crippen molar-refractivity contribution in [2.75, 3.05) is 31.7 Å². The highest BCUT2D eigenvalue weighted by Gasteiger charge is 2.08. The molecule has 1 rings (SSSR count). The van der Waals surface area contributed by atoms with E-state index in [1.54, 1.807) is 20.2 Å². The third-order valence-corrected chi connectivity index (χ3v) is 2.20. The first-order chi connectivity index (χ1) is 7.90. The average molecular weight is 237 g/mol. The lowest BCUT2D eigenvalue weighted by Crippen LogP contribution is -2.29. The molecule has 0 spiro atoms. The van der Waals surface area contributed by atoms with E-state index >= 15 is 0 Å². The molecular formula is C11H19N5O. The molecule has 0 saturated heterocycles. The minimum atomic E-state index is -0.0201. The maximum atomic E-state index is 11.4. The quantitative estimate of drug-likeness (QED) is 0.804. The van der Waals surface area contributed by atoms with Gasteiger partial charge in [0.05, 0.1) is 6.54 Å². The molecule has 6 nitrogen and oxygen atoms in total. The first-order valence-corrected chi connectivity index (χ1v) is 5.48. The van der Waals surface area contributed by atoms with Crippen molar-refractivity contribution in [2.24, 2.45) is 0 Å². The highest BCUT2D eigenvalue weighted by atomic mass is 16.2. The van der Waals surface area contributed by atoms with Gasteiger partial charge in [-0.25, -0.2) is 9.97 Å². The number of hydrogen-bond acceptors (Lipinski definition) is 5. The molecule has 1 aromatic rings. The van der Waals surface area contributed by atoms with E-state index in [9.17, 15) is 4.79 Å². The molecule has 0 radical (unpaired) electrons. The van der Waals surface area contributed by atoms with Crippen LogP contribution in [0.5, 0.6) is 0 Å². The van der Waals surface area contributed by atoms with Crippen LogP contribution in [0, 0.1) is 0 Å². The average Bonchev–Trinajstić information content (AvgIpc) is 2.24. The number of nitrogens with one attached hydrogen (secondary N) is 1.